The van der Waals surface area contributed by atoms with Crippen molar-refractivity contribution in [2.24, 2.45) is 0 Å². The highest BCUT2D eigenvalue weighted by molar-refractivity contribution is 6.29. The Bertz CT molecular complexity index is 459. The highest BCUT2D eigenvalue weighted by atomic mass is 35.5. The molecule has 15 heavy (non-hydrogen) atoms. The van der Waals surface area contributed by atoms with Crippen LogP contribution in [0.4, 0.5) is 5.95 Å². The van der Waals surface area contributed by atoms with Crippen molar-refractivity contribution in [3.63, 3.8) is 0 Å². The summed E-state index contributed by atoms with van der Waals surface area (Å²) in [5.41, 5.74) is 5.52. The molecule has 0 aliphatic rings. The summed E-state index contributed by atoms with van der Waals surface area (Å²) in [5, 5.41) is 0.327. The van der Waals surface area contributed by atoms with Crippen LogP contribution in [0.25, 0.3) is 5.82 Å². The van der Waals surface area contributed by atoms with E-state index in [-0.39, 0.29) is 5.95 Å². The van der Waals surface area contributed by atoms with E-state index in [1.54, 1.807) is 12.3 Å². The second-order valence-electron chi connectivity index (χ2n) is 2.97. The lowest BCUT2D eigenvalue weighted by molar-refractivity contribution is 0.864. The van der Waals surface area contributed by atoms with Gasteiger partial charge >= 0.3 is 0 Å². The molecule has 2 heterocycles. The number of imidazole rings is 1. The van der Waals surface area contributed by atoms with Gasteiger partial charge in [-0.05, 0) is 0 Å². The summed E-state index contributed by atoms with van der Waals surface area (Å²) in [6, 6.07) is 1.65. The summed E-state index contributed by atoms with van der Waals surface area (Å²) in [4.78, 5) is 12.1. The number of hydrogen-bond acceptors (Lipinski definition) is 4. The number of halogens is 1. The first-order chi connectivity index (χ1) is 7.20. The van der Waals surface area contributed by atoms with E-state index in [0.29, 0.717) is 11.0 Å². The van der Waals surface area contributed by atoms with E-state index in [1.807, 2.05) is 17.7 Å². The van der Waals surface area contributed by atoms with Gasteiger partial charge in [0.2, 0.25) is 5.95 Å². The first-order valence-electron chi connectivity index (χ1n) is 4.53. The maximum atomic E-state index is 5.80. The Morgan fingerprint density at radius 2 is 2.27 bits per heavy atom. The minimum absolute atomic E-state index is 0.160. The van der Waals surface area contributed by atoms with E-state index < -0.39 is 0 Å². The zero-order valence-electron chi connectivity index (χ0n) is 8.18. The highest BCUT2D eigenvalue weighted by Crippen LogP contribution is 2.14. The van der Waals surface area contributed by atoms with Crippen molar-refractivity contribution < 1.29 is 0 Å². The number of nitrogens with two attached hydrogens (primary N) is 1. The second-order valence-corrected chi connectivity index (χ2v) is 3.36. The molecule has 0 aliphatic carbocycles. The monoisotopic (exact) mass is 223 g/mol. The van der Waals surface area contributed by atoms with Crippen LogP contribution in [0.2, 0.25) is 5.15 Å². The average molecular weight is 224 g/mol. The van der Waals surface area contributed by atoms with Gasteiger partial charge in [-0.3, -0.25) is 4.57 Å². The van der Waals surface area contributed by atoms with Crippen LogP contribution in [0.1, 0.15) is 12.7 Å². The molecular weight excluding hydrogens is 214 g/mol. The fourth-order valence-corrected chi connectivity index (χ4v) is 1.53. The van der Waals surface area contributed by atoms with Crippen molar-refractivity contribution >= 4 is 17.5 Å². The van der Waals surface area contributed by atoms with Crippen molar-refractivity contribution in [2.45, 2.75) is 13.3 Å². The number of nitrogens with zero attached hydrogens (tertiary/aromatic N) is 4. The normalized spacial score (nSPS) is 10.5. The van der Waals surface area contributed by atoms with E-state index in [9.17, 15) is 0 Å². The lowest BCUT2D eigenvalue weighted by atomic mass is 10.4. The van der Waals surface area contributed by atoms with Crippen molar-refractivity contribution in [2.75, 3.05) is 5.73 Å². The van der Waals surface area contributed by atoms with Gasteiger partial charge in [-0.15, -0.1) is 0 Å². The van der Waals surface area contributed by atoms with E-state index in [0.717, 1.165) is 12.2 Å². The number of anilines is 1. The molecule has 0 saturated carbocycles. The molecule has 5 nitrogen and oxygen atoms in total. The quantitative estimate of drug-likeness (QED) is 0.783. The van der Waals surface area contributed by atoms with Gasteiger partial charge in [0.05, 0.1) is 0 Å². The van der Waals surface area contributed by atoms with Gasteiger partial charge in [-0.1, -0.05) is 18.5 Å². The van der Waals surface area contributed by atoms with E-state index in [4.69, 9.17) is 17.3 Å². The molecule has 0 aliphatic heterocycles. The van der Waals surface area contributed by atoms with Crippen molar-refractivity contribution in [1.29, 1.82) is 0 Å². The van der Waals surface area contributed by atoms with Crippen LogP contribution in [0, 0.1) is 0 Å². The van der Waals surface area contributed by atoms with Crippen molar-refractivity contribution in [1.82, 2.24) is 19.5 Å². The van der Waals surface area contributed by atoms with Crippen LogP contribution in [0.15, 0.2) is 18.5 Å². The summed E-state index contributed by atoms with van der Waals surface area (Å²) >= 11 is 5.80. The Kier molecular flexibility index (Phi) is 2.55. The molecule has 2 aromatic rings. The Labute approximate surface area is 91.9 Å². The number of hydrogen-bond donors (Lipinski definition) is 1. The molecule has 2 N–H and O–H groups in total. The van der Waals surface area contributed by atoms with Gasteiger partial charge in [-0.25, -0.2) is 9.97 Å². The Morgan fingerprint density at radius 3 is 2.93 bits per heavy atom. The largest absolute Gasteiger partial charge is 0.368 e. The molecule has 0 unspecified atom stereocenters. The molecule has 78 valence electrons. The molecule has 0 spiro atoms. The van der Waals surface area contributed by atoms with Crippen molar-refractivity contribution in [3.8, 4) is 5.82 Å². The summed E-state index contributed by atoms with van der Waals surface area (Å²) in [6.07, 6.45) is 4.34. The minimum atomic E-state index is 0.160. The lowest BCUT2D eigenvalue weighted by Gasteiger charge is -2.05. The predicted octanol–water partition coefficient (Wildman–Crippen LogP) is 1.46. The number of aromatic nitrogens is 4. The third-order valence-electron chi connectivity index (χ3n) is 1.98. The van der Waals surface area contributed by atoms with Crippen LogP contribution in [0.3, 0.4) is 0 Å². The van der Waals surface area contributed by atoms with Crippen molar-refractivity contribution in [3.05, 3.63) is 29.4 Å². The smallest absolute Gasteiger partial charge is 0.223 e. The Hall–Kier alpha value is -1.62. The van der Waals surface area contributed by atoms with E-state index in [2.05, 4.69) is 15.0 Å². The summed E-state index contributed by atoms with van der Waals surface area (Å²) in [7, 11) is 0. The predicted molar refractivity (Wildman–Crippen MR) is 58.0 cm³/mol. The summed E-state index contributed by atoms with van der Waals surface area (Å²) in [6.45, 7) is 2.02. The number of rotatable bonds is 2. The third-order valence-corrected chi connectivity index (χ3v) is 2.17. The van der Waals surface area contributed by atoms with E-state index in [1.165, 1.54) is 0 Å². The van der Waals surface area contributed by atoms with Crippen LogP contribution in [-0.4, -0.2) is 19.5 Å². The average Bonchev–Trinajstić information content (AvgIpc) is 2.63. The molecule has 0 radical (unpaired) electrons. The maximum absolute atomic E-state index is 5.80. The SMILES string of the molecule is CCc1nccn1-c1cc(Cl)nc(N)n1. The fourth-order valence-electron chi connectivity index (χ4n) is 1.35. The zero-order valence-corrected chi connectivity index (χ0v) is 8.94. The van der Waals surface area contributed by atoms with Crippen LogP contribution in [0.5, 0.6) is 0 Å². The molecule has 0 amide bonds. The van der Waals surface area contributed by atoms with Gasteiger partial charge in [0.15, 0.2) is 0 Å². The Balaban J connectivity index is 2.53. The third kappa shape index (κ3) is 1.92. The molecule has 2 aromatic heterocycles. The molecule has 0 bridgehead atoms. The van der Waals surface area contributed by atoms with Crippen LogP contribution < -0.4 is 5.73 Å². The Morgan fingerprint density at radius 1 is 1.47 bits per heavy atom. The molecular formula is C9H10ClN5. The molecule has 2 rings (SSSR count). The van der Waals surface area contributed by atoms with Gasteiger partial charge in [0.25, 0.3) is 0 Å². The van der Waals surface area contributed by atoms with E-state index >= 15 is 0 Å². The van der Waals surface area contributed by atoms with Gasteiger partial charge in [-0.2, -0.15) is 4.98 Å². The second kappa shape index (κ2) is 3.86. The minimum Gasteiger partial charge on any atom is -0.368 e. The molecule has 0 fully saturated rings. The van der Waals surface area contributed by atoms with Gasteiger partial charge in [0.1, 0.15) is 16.8 Å². The molecule has 0 saturated heterocycles. The van der Waals surface area contributed by atoms with Gasteiger partial charge in [0, 0.05) is 24.9 Å². The number of nitrogen functional groups attached to an aromatic ring is 1. The number of aryl methyl sites for hydroxylation is 1. The van der Waals surface area contributed by atoms with Crippen LogP contribution >= 0.6 is 11.6 Å². The summed E-state index contributed by atoms with van der Waals surface area (Å²) < 4.78 is 1.84. The highest BCUT2D eigenvalue weighted by Gasteiger charge is 2.06. The standard InChI is InChI=1S/C9H10ClN5/c1-2-7-12-3-4-15(7)8-5-6(10)13-9(11)14-8/h3-5H,2H2,1H3,(H2,11,13,14). The molecule has 0 atom stereocenters. The maximum Gasteiger partial charge on any atom is 0.223 e. The first kappa shape index (κ1) is 9.92. The molecule has 6 heteroatoms. The summed E-state index contributed by atoms with van der Waals surface area (Å²) in [5.74, 6) is 1.71. The fraction of sp³-hybridized carbons (Fsp3) is 0.222. The lowest BCUT2D eigenvalue weighted by Crippen LogP contribution is -2.05. The van der Waals surface area contributed by atoms with Gasteiger partial charge < -0.3 is 5.73 Å². The topological polar surface area (TPSA) is 69.6 Å². The zero-order chi connectivity index (χ0) is 10.8. The van der Waals surface area contributed by atoms with Crippen LogP contribution in [-0.2, 0) is 6.42 Å². The molecule has 0 aromatic carbocycles. The first-order valence-corrected chi connectivity index (χ1v) is 4.91.